The number of carbonyl (C=O) groups excluding carboxylic acids is 1. The fourth-order valence-electron chi connectivity index (χ4n) is 2.50. The summed E-state index contributed by atoms with van der Waals surface area (Å²) in [5, 5.41) is 7.42. The minimum absolute atomic E-state index is 0.0554. The Hall–Kier alpha value is -2.11. The van der Waals surface area contributed by atoms with Crippen molar-refractivity contribution < 1.29 is 4.79 Å². The highest BCUT2D eigenvalue weighted by Gasteiger charge is 2.21. The van der Waals surface area contributed by atoms with Gasteiger partial charge < -0.3 is 10.2 Å². The molecule has 1 fully saturated rings. The second-order valence-electron chi connectivity index (χ2n) is 5.18. The lowest BCUT2D eigenvalue weighted by molar-refractivity contribution is -0.120. The quantitative estimate of drug-likeness (QED) is 0.881. The molecule has 2 aromatic rings. The number of nitrogens with one attached hydrogen (secondary N) is 1. The third-order valence-corrected chi connectivity index (χ3v) is 3.82. The number of rotatable bonds is 2. The van der Waals surface area contributed by atoms with Gasteiger partial charge in [-0.05, 0) is 20.3 Å². The van der Waals surface area contributed by atoms with Crippen LogP contribution < -0.4 is 10.2 Å². The minimum Gasteiger partial charge on any atom is -0.353 e. The third kappa shape index (κ3) is 2.01. The fraction of sp³-hybridized carbons (Fsp3) is 0.500. The molecule has 0 saturated carbocycles. The second kappa shape index (κ2) is 4.77. The summed E-state index contributed by atoms with van der Waals surface area (Å²) in [6.07, 6.45) is 0.868. The van der Waals surface area contributed by atoms with Crippen molar-refractivity contribution in [2.45, 2.75) is 27.2 Å². The number of amides is 1. The number of carbonyl (C=O) groups is 1. The van der Waals surface area contributed by atoms with Gasteiger partial charge in [-0.15, -0.1) is 0 Å². The maximum absolute atomic E-state index is 11.6. The summed E-state index contributed by atoms with van der Waals surface area (Å²) in [5.41, 5.74) is 4.00. The van der Waals surface area contributed by atoms with E-state index in [1.165, 1.54) is 0 Å². The maximum atomic E-state index is 11.6. The molecule has 1 aliphatic heterocycles. The van der Waals surface area contributed by atoms with Crippen molar-refractivity contribution in [2.75, 3.05) is 24.5 Å². The van der Waals surface area contributed by atoms with Crippen molar-refractivity contribution >= 4 is 17.4 Å². The molecular weight excluding hydrogens is 254 g/mol. The number of fused-ring (bicyclic) bond motifs is 1. The van der Waals surface area contributed by atoms with Gasteiger partial charge in [-0.2, -0.15) is 9.61 Å². The first-order valence-corrected chi connectivity index (χ1v) is 6.97. The lowest BCUT2D eigenvalue weighted by atomic mass is 10.2. The predicted octanol–water partition coefficient (Wildman–Crippen LogP) is 0.845. The highest BCUT2D eigenvalue weighted by molar-refractivity contribution is 5.82. The standard InChI is InChI=1S/C14H19N5O/c1-4-11-7-13(18-6-5-15-12(20)8-18)19-14(16-11)9(2)10(3)17-19/h7H,4-6,8H2,1-3H3,(H,15,20). The number of hydrogen-bond acceptors (Lipinski definition) is 4. The Morgan fingerprint density at radius 1 is 1.40 bits per heavy atom. The lowest BCUT2D eigenvalue weighted by Crippen LogP contribution is -2.48. The van der Waals surface area contributed by atoms with Gasteiger partial charge in [0.05, 0.1) is 12.2 Å². The van der Waals surface area contributed by atoms with E-state index in [4.69, 9.17) is 0 Å². The summed E-state index contributed by atoms with van der Waals surface area (Å²) in [7, 11) is 0. The van der Waals surface area contributed by atoms with Crippen molar-refractivity contribution in [3.63, 3.8) is 0 Å². The van der Waals surface area contributed by atoms with E-state index >= 15 is 0 Å². The number of piperazine rings is 1. The first-order chi connectivity index (χ1) is 9.60. The fourth-order valence-corrected chi connectivity index (χ4v) is 2.50. The van der Waals surface area contributed by atoms with E-state index in [9.17, 15) is 4.79 Å². The molecule has 0 aromatic carbocycles. The molecule has 20 heavy (non-hydrogen) atoms. The second-order valence-corrected chi connectivity index (χ2v) is 5.18. The number of aryl methyl sites for hydroxylation is 3. The molecule has 0 bridgehead atoms. The smallest absolute Gasteiger partial charge is 0.239 e. The van der Waals surface area contributed by atoms with Crippen LogP contribution in [0.15, 0.2) is 6.07 Å². The molecule has 0 radical (unpaired) electrons. The van der Waals surface area contributed by atoms with Gasteiger partial charge in [-0.1, -0.05) is 6.92 Å². The maximum Gasteiger partial charge on any atom is 0.239 e. The lowest BCUT2D eigenvalue weighted by Gasteiger charge is -2.28. The van der Waals surface area contributed by atoms with E-state index in [-0.39, 0.29) is 5.91 Å². The van der Waals surface area contributed by atoms with Crippen molar-refractivity contribution in [1.82, 2.24) is 19.9 Å². The Morgan fingerprint density at radius 2 is 2.20 bits per heavy atom. The molecule has 6 nitrogen and oxygen atoms in total. The number of hydrogen-bond donors (Lipinski definition) is 1. The first-order valence-electron chi connectivity index (χ1n) is 6.97. The molecule has 0 unspecified atom stereocenters. The molecule has 0 atom stereocenters. The van der Waals surface area contributed by atoms with Gasteiger partial charge in [0.2, 0.25) is 5.91 Å². The highest BCUT2D eigenvalue weighted by Crippen LogP contribution is 2.22. The van der Waals surface area contributed by atoms with E-state index in [1.807, 2.05) is 24.4 Å². The van der Waals surface area contributed by atoms with Crippen LogP contribution in [-0.4, -0.2) is 40.1 Å². The van der Waals surface area contributed by atoms with Crippen molar-refractivity contribution in [3.8, 4) is 0 Å². The van der Waals surface area contributed by atoms with Gasteiger partial charge in [0, 0.05) is 30.4 Å². The third-order valence-electron chi connectivity index (χ3n) is 3.82. The Bertz CT molecular complexity index is 676. The number of nitrogens with zero attached hydrogens (tertiary/aromatic N) is 4. The molecule has 106 valence electrons. The zero-order chi connectivity index (χ0) is 14.3. The van der Waals surface area contributed by atoms with E-state index in [2.05, 4.69) is 27.2 Å². The van der Waals surface area contributed by atoms with Gasteiger partial charge in [-0.3, -0.25) is 4.79 Å². The van der Waals surface area contributed by atoms with Crippen LogP contribution in [0.3, 0.4) is 0 Å². The van der Waals surface area contributed by atoms with E-state index < -0.39 is 0 Å². The zero-order valence-electron chi connectivity index (χ0n) is 12.1. The van der Waals surface area contributed by atoms with Crippen molar-refractivity contribution in [2.24, 2.45) is 0 Å². The van der Waals surface area contributed by atoms with Crippen molar-refractivity contribution in [1.29, 1.82) is 0 Å². The first kappa shape index (κ1) is 12.9. The summed E-state index contributed by atoms with van der Waals surface area (Å²) >= 11 is 0. The van der Waals surface area contributed by atoms with Crippen LogP contribution >= 0.6 is 0 Å². The largest absolute Gasteiger partial charge is 0.353 e. The molecule has 1 amide bonds. The molecule has 1 N–H and O–H groups in total. The van der Waals surface area contributed by atoms with Crippen LogP contribution in [-0.2, 0) is 11.2 Å². The van der Waals surface area contributed by atoms with Gasteiger partial charge in [0.1, 0.15) is 5.82 Å². The molecule has 0 aliphatic carbocycles. The SMILES string of the molecule is CCc1cc(N2CCNC(=O)C2)n2nc(C)c(C)c2n1. The van der Waals surface area contributed by atoms with Crippen LogP contribution in [0.1, 0.15) is 23.9 Å². The number of aromatic nitrogens is 3. The average molecular weight is 273 g/mol. The van der Waals surface area contributed by atoms with Gasteiger partial charge in [0.25, 0.3) is 0 Å². The van der Waals surface area contributed by atoms with Crippen LogP contribution in [0, 0.1) is 13.8 Å². The summed E-state index contributed by atoms with van der Waals surface area (Å²) < 4.78 is 1.86. The summed E-state index contributed by atoms with van der Waals surface area (Å²) in [4.78, 5) is 18.3. The van der Waals surface area contributed by atoms with Crippen LogP contribution in [0.2, 0.25) is 0 Å². The molecule has 0 spiro atoms. The molecule has 1 saturated heterocycles. The van der Waals surface area contributed by atoms with E-state index in [0.29, 0.717) is 13.1 Å². The summed E-state index contributed by atoms with van der Waals surface area (Å²) in [6.45, 7) is 7.96. The molecule has 6 heteroatoms. The Kier molecular flexibility index (Phi) is 3.08. The molecule has 3 rings (SSSR count). The molecule has 3 heterocycles. The van der Waals surface area contributed by atoms with Crippen LogP contribution in [0.25, 0.3) is 5.65 Å². The topological polar surface area (TPSA) is 62.5 Å². The van der Waals surface area contributed by atoms with Gasteiger partial charge in [-0.25, -0.2) is 4.98 Å². The normalized spacial score (nSPS) is 15.8. The van der Waals surface area contributed by atoms with Crippen molar-refractivity contribution in [3.05, 3.63) is 23.0 Å². The minimum atomic E-state index is 0.0554. The van der Waals surface area contributed by atoms with Crippen LogP contribution in [0.5, 0.6) is 0 Å². The van der Waals surface area contributed by atoms with E-state index in [0.717, 1.165) is 41.4 Å². The molecule has 1 aliphatic rings. The highest BCUT2D eigenvalue weighted by atomic mass is 16.2. The van der Waals surface area contributed by atoms with E-state index in [1.54, 1.807) is 0 Å². The van der Waals surface area contributed by atoms with Gasteiger partial charge in [0.15, 0.2) is 5.65 Å². The number of anilines is 1. The molecule has 2 aromatic heterocycles. The van der Waals surface area contributed by atoms with Gasteiger partial charge >= 0.3 is 0 Å². The Morgan fingerprint density at radius 3 is 2.90 bits per heavy atom. The average Bonchev–Trinajstić information content (AvgIpc) is 2.73. The molecular formula is C14H19N5O. The summed E-state index contributed by atoms with van der Waals surface area (Å²) in [6, 6.07) is 2.04. The van der Waals surface area contributed by atoms with Crippen LogP contribution in [0.4, 0.5) is 5.82 Å². The monoisotopic (exact) mass is 273 g/mol. The Labute approximate surface area is 117 Å². The Balaban J connectivity index is 2.17. The zero-order valence-corrected chi connectivity index (χ0v) is 12.1. The predicted molar refractivity (Wildman–Crippen MR) is 77.1 cm³/mol. The summed E-state index contributed by atoms with van der Waals surface area (Å²) in [5.74, 6) is 1.01.